The van der Waals surface area contributed by atoms with E-state index in [1.165, 1.54) is 56.5 Å². The summed E-state index contributed by atoms with van der Waals surface area (Å²) in [4.78, 5) is 49.4. The number of carbonyl (C=O) groups is 4. The molecular weight excluding hydrogens is 475 g/mol. The average molecular weight is 493 g/mol. The average Bonchev–Trinajstić information content (AvgIpc) is 3.06. The number of esters is 1. The summed E-state index contributed by atoms with van der Waals surface area (Å²) >= 11 is 6.92. The second-order valence-corrected chi connectivity index (χ2v) is 8.18. The number of rotatable bonds is 7. The minimum absolute atomic E-state index is 0.124. The molecule has 1 aliphatic rings. The van der Waals surface area contributed by atoms with Crippen molar-refractivity contribution in [2.24, 2.45) is 0 Å². The van der Waals surface area contributed by atoms with E-state index >= 15 is 0 Å². The van der Waals surface area contributed by atoms with Crippen molar-refractivity contribution in [1.82, 2.24) is 4.90 Å². The molecule has 1 fully saturated rings. The lowest BCUT2D eigenvalue weighted by atomic mass is 10.2. The van der Waals surface area contributed by atoms with Gasteiger partial charge in [-0.05, 0) is 66.7 Å². The lowest BCUT2D eigenvalue weighted by Gasteiger charge is -2.18. The summed E-state index contributed by atoms with van der Waals surface area (Å²) in [7, 11) is 1.17. The van der Waals surface area contributed by atoms with Crippen LogP contribution >= 0.6 is 23.4 Å². The first-order valence-electron chi connectivity index (χ1n) is 9.52. The fourth-order valence-electron chi connectivity index (χ4n) is 2.84. The molecule has 3 amide bonds. The van der Waals surface area contributed by atoms with E-state index in [1.807, 2.05) is 0 Å². The molecule has 0 unspecified atom stereocenters. The maximum Gasteiger partial charge on any atom is 0.328 e. The lowest BCUT2D eigenvalue weighted by molar-refractivity contribution is -0.148. The Kier molecular flexibility index (Phi) is 7.72. The summed E-state index contributed by atoms with van der Waals surface area (Å²) in [6.45, 7) is 1.07. The number of amides is 3. The van der Waals surface area contributed by atoms with Crippen LogP contribution in [0.3, 0.4) is 0 Å². The number of benzene rings is 2. The summed E-state index contributed by atoms with van der Waals surface area (Å²) in [6.07, 6.45) is 1.46. The second kappa shape index (κ2) is 10.5. The largest absolute Gasteiger partial charge is 0.482 e. The molecule has 1 aliphatic heterocycles. The van der Waals surface area contributed by atoms with Crippen molar-refractivity contribution in [3.63, 3.8) is 0 Å². The highest BCUT2D eigenvalue weighted by Crippen LogP contribution is 2.35. The first-order chi connectivity index (χ1) is 15.7. The van der Waals surface area contributed by atoms with Gasteiger partial charge in [-0.2, -0.15) is 0 Å². The summed E-state index contributed by atoms with van der Waals surface area (Å²) in [5.41, 5.74) is 0.932. The van der Waals surface area contributed by atoms with E-state index in [4.69, 9.17) is 16.3 Å². The van der Waals surface area contributed by atoms with Gasteiger partial charge in [0.25, 0.3) is 17.1 Å². The number of nitrogens with one attached hydrogen (secondary N) is 1. The summed E-state index contributed by atoms with van der Waals surface area (Å²) < 4.78 is 22.9. The fourth-order valence-corrected chi connectivity index (χ4v) is 3.99. The third-order valence-electron chi connectivity index (χ3n) is 4.49. The third kappa shape index (κ3) is 5.91. The number of carbonyl (C=O) groups excluding carboxylic acids is 4. The predicted octanol–water partition coefficient (Wildman–Crippen LogP) is 4.09. The normalized spacial score (nSPS) is 15.5. The van der Waals surface area contributed by atoms with E-state index in [9.17, 15) is 23.6 Å². The molecule has 0 spiro atoms. The number of imide groups is 1. The van der Waals surface area contributed by atoms with Gasteiger partial charge in [0.15, 0.2) is 6.61 Å². The summed E-state index contributed by atoms with van der Waals surface area (Å²) in [5, 5.41) is 2.16. The van der Waals surface area contributed by atoms with Gasteiger partial charge >= 0.3 is 5.97 Å². The zero-order valence-corrected chi connectivity index (χ0v) is 19.0. The maximum absolute atomic E-state index is 12.9. The van der Waals surface area contributed by atoms with Crippen molar-refractivity contribution in [2.45, 2.75) is 13.0 Å². The molecule has 8 nitrogen and oxygen atoms in total. The van der Waals surface area contributed by atoms with Crippen LogP contribution in [0.4, 0.5) is 14.9 Å². The van der Waals surface area contributed by atoms with E-state index in [0.29, 0.717) is 23.0 Å². The number of hydrogen-bond acceptors (Lipinski definition) is 7. The highest BCUT2D eigenvalue weighted by Gasteiger charge is 2.41. The molecule has 0 radical (unpaired) electrons. The van der Waals surface area contributed by atoms with Gasteiger partial charge < -0.3 is 14.8 Å². The van der Waals surface area contributed by atoms with Gasteiger partial charge in [-0.25, -0.2) is 9.18 Å². The highest BCUT2D eigenvalue weighted by molar-refractivity contribution is 8.18. The topological polar surface area (TPSA) is 102 Å². The van der Waals surface area contributed by atoms with Gasteiger partial charge in [0.05, 0.1) is 17.0 Å². The Balaban J connectivity index is 1.64. The van der Waals surface area contributed by atoms with Crippen LogP contribution in [-0.4, -0.2) is 47.7 Å². The van der Waals surface area contributed by atoms with Crippen molar-refractivity contribution >= 4 is 58.1 Å². The van der Waals surface area contributed by atoms with E-state index in [2.05, 4.69) is 10.1 Å². The van der Waals surface area contributed by atoms with Crippen LogP contribution in [0.5, 0.6) is 5.75 Å². The van der Waals surface area contributed by atoms with Gasteiger partial charge in [0.1, 0.15) is 17.6 Å². The zero-order chi connectivity index (χ0) is 24.1. The molecule has 3 rings (SSSR count). The Morgan fingerprint density at radius 2 is 1.91 bits per heavy atom. The molecule has 0 bridgehead atoms. The van der Waals surface area contributed by atoms with Crippen LogP contribution in [-0.2, 0) is 19.1 Å². The molecule has 11 heteroatoms. The van der Waals surface area contributed by atoms with Crippen molar-refractivity contribution in [2.75, 3.05) is 19.0 Å². The molecule has 1 heterocycles. The van der Waals surface area contributed by atoms with E-state index in [1.54, 1.807) is 6.07 Å². The number of nitrogens with zero attached hydrogens (tertiary/aromatic N) is 1. The Labute approximate surface area is 197 Å². The van der Waals surface area contributed by atoms with Crippen LogP contribution < -0.4 is 10.1 Å². The minimum Gasteiger partial charge on any atom is -0.482 e. The molecule has 0 aromatic heterocycles. The molecule has 172 valence electrons. The van der Waals surface area contributed by atoms with E-state index in [-0.39, 0.29) is 22.3 Å². The third-order valence-corrected chi connectivity index (χ3v) is 5.67. The molecule has 1 atom stereocenters. The molecular formula is C22H18ClFN2O6S. The number of thioether (sulfide) groups is 1. The first-order valence-corrected chi connectivity index (χ1v) is 10.7. The standard InChI is InChI=1S/C22H18ClFN2O6S/c1-12(21(29)31-2)26-20(28)18(33-22(26)30)10-13-3-8-17(16(23)9-13)32-11-19(27)25-15-6-4-14(24)5-7-15/h3-10,12H,11H2,1-2H3,(H,25,27)/b18-10+/t12-/m0/s1. The lowest BCUT2D eigenvalue weighted by Crippen LogP contribution is -2.42. The number of ether oxygens (including phenoxy) is 2. The smallest absolute Gasteiger partial charge is 0.328 e. The Hall–Kier alpha value is -3.37. The van der Waals surface area contributed by atoms with Gasteiger partial charge in [-0.1, -0.05) is 17.7 Å². The Bertz CT molecular complexity index is 1140. The monoisotopic (exact) mass is 492 g/mol. The number of hydrogen-bond donors (Lipinski definition) is 1. The Morgan fingerprint density at radius 1 is 1.21 bits per heavy atom. The molecule has 2 aromatic carbocycles. The van der Waals surface area contributed by atoms with Gasteiger partial charge in [0.2, 0.25) is 0 Å². The number of methoxy groups -OCH3 is 1. The molecule has 0 saturated carbocycles. The van der Waals surface area contributed by atoms with Gasteiger partial charge in [-0.15, -0.1) is 0 Å². The Morgan fingerprint density at radius 3 is 2.55 bits per heavy atom. The van der Waals surface area contributed by atoms with Crippen LogP contribution in [0.15, 0.2) is 47.4 Å². The van der Waals surface area contributed by atoms with E-state index < -0.39 is 34.9 Å². The number of anilines is 1. The first kappa shape index (κ1) is 24.3. The maximum atomic E-state index is 12.9. The van der Waals surface area contributed by atoms with Crippen molar-refractivity contribution < 1.29 is 33.0 Å². The van der Waals surface area contributed by atoms with Gasteiger partial charge in [-0.3, -0.25) is 19.3 Å². The van der Waals surface area contributed by atoms with Crippen LogP contribution in [0, 0.1) is 5.82 Å². The molecule has 1 saturated heterocycles. The minimum atomic E-state index is -1.05. The van der Waals surface area contributed by atoms with Crippen molar-refractivity contribution in [1.29, 1.82) is 0 Å². The highest BCUT2D eigenvalue weighted by atomic mass is 35.5. The zero-order valence-electron chi connectivity index (χ0n) is 17.5. The van der Waals surface area contributed by atoms with Crippen LogP contribution in [0.2, 0.25) is 5.02 Å². The molecule has 33 heavy (non-hydrogen) atoms. The predicted molar refractivity (Wildman–Crippen MR) is 121 cm³/mol. The van der Waals surface area contributed by atoms with Gasteiger partial charge in [0, 0.05) is 5.69 Å². The molecule has 2 aromatic rings. The summed E-state index contributed by atoms with van der Waals surface area (Å²) in [5.74, 6) is -1.96. The SMILES string of the molecule is COC(=O)[C@H](C)N1C(=O)S/C(=C/c2ccc(OCC(=O)Nc3ccc(F)cc3)c(Cl)c2)C1=O. The van der Waals surface area contributed by atoms with E-state index in [0.717, 1.165) is 4.90 Å². The molecule has 1 N–H and O–H groups in total. The summed E-state index contributed by atoms with van der Waals surface area (Å²) in [6, 6.07) is 8.84. The number of halogens is 2. The van der Waals surface area contributed by atoms with Crippen LogP contribution in [0.25, 0.3) is 6.08 Å². The van der Waals surface area contributed by atoms with Crippen LogP contribution in [0.1, 0.15) is 12.5 Å². The van der Waals surface area contributed by atoms with Crippen molar-refractivity contribution in [3.8, 4) is 5.75 Å². The van der Waals surface area contributed by atoms with Crippen molar-refractivity contribution in [3.05, 3.63) is 63.8 Å². The quantitative estimate of drug-likeness (QED) is 0.458. The molecule has 0 aliphatic carbocycles. The second-order valence-electron chi connectivity index (χ2n) is 6.78. The fraction of sp³-hybridized carbons (Fsp3) is 0.182.